The molecule has 3 N–H and O–H groups in total. The van der Waals surface area contributed by atoms with Gasteiger partial charge < -0.3 is 11.1 Å². The van der Waals surface area contributed by atoms with Crippen molar-refractivity contribution in [3.05, 3.63) is 29.6 Å². The Morgan fingerprint density at radius 1 is 1.62 bits per heavy atom. The van der Waals surface area contributed by atoms with E-state index in [0.29, 0.717) is 18.4 Å². The Morgan fingerprint density at radius 2 is 2.31 bits per heavy atom. The van der Waals surface area contributed by atoms with E-state index >= 15 is 0 Å². The molecule has 0 spiro atoms. The average molecular weight is 222 g/mol. The molecule has 3 nitrogen and oxygen atoms in total. The van der Waals surface area contributed by atoms with Crippen molar-refractivity contribution < 1.29 is 9.18 Å². The first-order chi connectivity index (χ1) is 7.59. The second-order valence-corrected chi connectivity index (χ2v) is 4.38. The Hall–Kier alpha value is -1.58. The molecule has 1 fully saturated rings. The van der Waals surface area contributed by atoms with E-state index in [2.05, 4.69) is 12.2 Å². The zero-order chi connectivity index (χ0) is 11.7. The van der Waals surface area contributed by atoms with E-state index in [9.17, 15) is 9.18 Å². The van der Waals surface area contributed by atoms with Crippen LogP contribution in [0, 0.1) is 17.7 Å². The van der Waals surface area contributed by atoms with Gasteiger partial charge in [-0.15, -0.1) is 0 Å². The van der Waals surface area contributed by atoms with Gasteiger partial charge in [0.25, 0.3) is 5.91 Å². The third-order valence-electron chi connectivity index (χ3n) is 3.10. The molecule has 16 heavy (non-hydrogen) atoms. The predicted octanol–water partition coefficient (Wildman–Crippen LogP) is 1.79. The number of carbonyl (C=O) groups is 1. The minimum absolute atomic E-state index is 0.0798. The van der Waals surface area contributed by atoms with Crippen LogP contribution in [0.2, 0.25) is 0 Å². The van der Waals surface area contributed by atoms with Gasteiger partial charge in [0.2, 0.25) is 0 Å². The highest BCUT2D eigenvalue weighted by Crippen LogP contribution is 2.36. The summed E-state index contributed by atoms with van der Waals surface area (Å²) in [5.41, 5.74) is 5.63. The molecule has 1 saturated carbocycles. The highest BCUT2D eigenvalue weighted by molar-refractivity contribution is 5.99. The third kappa shape index (κ3) is 2.15. The number of nitrogens with one attached hydrogen (secondary N) is 1. The maximum Gasteiger partial charge on any atom is 0.253 e. The second-order valence-electron chi connectivity index (χ2n) is 4.38. The molecule has 1 aliphatic rings. The number of hydrogen-bond donors (Lipinski definition) is 2. The lowest BCUT2D eigenvalue weighted by Gasteiger charge is -2.07. The number of nitrogens with two attached hydrogens (primary N) is 1. The van der Waals surface area contributed by atoms with Crippen molar-refractivity contribution in [1.29, 1.82) is 0 Å². The molecule has 0 aromatic heterocycles. The molecule has 1 amide bonds. The van der Waals surface area contributed by atoms with Gasteiger partial charge in [0, 0.05) is 6.54 Å². The molecule has 1 aliphatic carbocycles. The summed E-state index contributed by atoms with van der Waals surface area (Å²) in [5, 5.41) is 2.77. The number of anilines is 1. The molecule has 1 aromatic carbocycles. The average Bonchev–Trinajstić information content (AvgIpc) is 2.95. The van der Waals surface area contributed by atoms with E-state index in [1.807, 2.05) is 0 Å². The zero-order valence-electron chi connectivity index (χ0n) is 9.16. The van der Waals surface area contributed by atoms with E-state index in [1.165, 1.54) is 18.2 Å². The van der Waals surface area contributed by atoms with E-state index in [0.717, 1.165) is 6.42 Å². The van der Waals surface area contributed by atoms with Crippen LogP contribution in [0.15, 0.2) is 18.2 Å². The smallest absolute Gasteiger partial charge is 0.253 e. The van der Waals surface area contributed by atoms with Crippen LogP contribution in [0.25, 0.3) is 0 Å². The van der Waals surface area contributed by atoms with Crippen molar-refractivity contribution in [2.24, 2.45) is 11.8 Å². The number of para-hydroxylation sites is 1. The van der Waals surface area contributed by atoms with Crippen molar-refractivity contribution in [2.45, 2.75) is 13.3 Å². The second kappa shape index (κ2) is 4.12. The summed E-state index contributed by atoms with van der Waals surface area (Å²) in [5.74, 6) is 0.410. The number of hydrogen-bond acceptors (Lipinski definition) is 2. The van der Waals surface area contributed by atoms with Gasteiger partial charge in [-0.3, -0.25) is 4.79 Å². The first kappa shape index (κ1) is 10.9. The fourth-order valence-corrected chi connectivity index (χ4v) is 1.74. The molecule has 0 bridgehead atoms. The molecule has 0 radical (unpaired) electrons. The number of rotatable bonds is 3. The summed E-state index contributed by atoms with van der Waals surface area (Å²) in [7, 11) is 0. The van der Waals surface area contributed by atoms with Crippen LogP contribution in [-0.4, -0.2) is 12.5 Å². The SMILES string of the molecule is CC1CC1CNC(=O)c1cccc(F)c1N. The Labute approximate surface area is 93.8 Å². The van der Waals surface area contributed by atoms with E-state index < -0.39 is 5.82 Å². The normalized spacial score (nSPS) is 22.9. The first-order valence-corrected chi connectivity index (χ1v) is 5.41. The van der Waals surface area contributed by atoms with Crippen LogP contribution in [-0.2, 0) is 0 Å². The summed E-state index contributed by atoms with van der Waals surface area (Å²) >= 11 is 0. The molecule has 2 rings (SSSR count). The molecule has 1 aromatic rings. The van der Waals surface area contributed by atoms with Crippen LogP contribution in [0.3, 0.4) is 0 Å². The van der Waals surface area contributed by atoms with Crippen molar-refractivity contribution in [2.75, 3.05) is 12.3 Å². The van der Waals surface area contributed by atoms with Crippen LogP contribution >= 0.6 is 0 Å². The largest absolute Gasteiger partial charge is 0.396 e. The van der Waals surface area contributed by atoms with Crippen LogP contribution < -0.4 is 11.1 Å². The Morgan fingerprint density at radius 3 is 2.94 bits per heavy atom. The summed E-state index contributed by atoms with van der Waals surface area (Å²) in [6.45, 7) is 2.79. The molecule has 4 heteroatoms. The van der Waals surface area contributed by atoms with Crippen LogP contribution in [0.5, 0.6) is 0 Å². The van der Waals surface area contributed by atoms with Crippen LogP contribution in [0.4, 0.5) is 10.1 Å². The molecule has 0 aliphatic heterocycles. The number of nitrogen functional groups attached to an aromatic ring is 1. The highest BCUT2D eigenvalue weighted by atomic mass is 19.1. The first-order valence-electron chi connectivity index (χ1n) is 5.41. The van der Waals surface area contributed by atoms with Crippen molar-refractivity contribution in [3.63, 3.8) is 0 Å². The fourth-order valence-electron chi connectivity index (χ4n) is 1.74. The lowest BCUT2D eigenvalue weighted by Crippen LogP contribution is -2.26. The molecular formula is C12H15FN2O. The highest BCUT2D eigenvalue weighted by Gasteiger charge is 2.32. The van der Waals surface area contributed by atoms with E-state index in [-0.39, 0.29) is 17.2 Å². The summed E-state index contributed by atoms with van der Waals surface area (Å²) in [6.07, 6.45) is 1.15. The van der Waals surface area contributed by atoms with Gasteiger partial charge >= 0.3 is 0 Å². The predicted molar refractivity (Wildman–Crippen MR) is 60.4 cm³/mol. The lowest BCUT2D eigenvalue weighted by molar-refractivity contribution is 0.0952. The Balaban J connectivity index is 2.00. The molecule has 2 unspecified atom stereocenters. The summed E-state index contributed by atoms with van der Waals surface area (Å²) in [4.78, 5) is 11.7. The molecule has 0 saturated heterocycles. The van der Waals surface area contributed by atoms with Crippen molar-refractivity contribution in [1.82, 2.24) is 5.32 Å². The van der Waals surface area contributed by atoms with Gasteiger partial charge in [0.15, 0.2) is 0 Å². The Kier molecular flexibility index (Phi) is 2.81. The minimum atomic E-state index is -0.549. The number of carbonyl (C=O) groups excluding carboxylic acids is 1. The van der Waals surface area contributed by atoms with Gasteiger partial charge in [0.05, 0.1) is 11.3 Å². The van der Waals surface area contributed by atoms with Crippen LogP contribution in [0.1, 0.15) is 23.7 Å². The number of amides is 1. The summed E-state index contributed by atoms with van der Waals surface area (Å²) in [6, 6.07) is 4.26. The van der Waals surface area contributed by atoms with Gasteiger partial charge in [-0.1, -0.05) is 13.0 Å². The molecule has 86 valence electrons. The number of halogens is 1. The molecule has 2 atom stereocenters. The molecular weight excluding hydrogens is 207 g/mol. The Bertz CT molecular complexity index is 419. The van der Waals surface area contributed by atoms with Gasteiger partial charge in [-0.05, 0) is 30.4 Å². The maximum absolute atomic E-state index is 13.1. The van der Waals surface area contributed by atoms with E-state index in [1.54, 1.807) is 0 Å². The standard InChI is InChI=1S/C12H15FN2O/c1-7-5-8(7)6-15-12(16)9-3-2-4-10(13)11(9)14/h2-4,7-8H,5-6,14H2,1H3,(H,15,16). The molecule has 0 heterocycles. The zero-order valence-corrected chi connectivity index (χ0v) is 9.16. The third-order valence-corrected chi connectivity index (χ3v) is 3.10. The van der Waals surface area contributed by atoms with E-state index in [4.69, 9.17) is 5.73 Å². The maximum atomic E-state index is 13.1. The quantitative estimate of drug-likeness (QED) is 0.766. The van der Waals surface area contributed by atoms with Gasteiger partial charge in [-0.25, -0.2) is 4.39 Å². The monoisotopic (exact) mass is 222 g/mol. The fraction of sp³-hybridized carbons (Fsp3) is 0.417. The number of benzene rings is 1. The lowest BCUT2D eigenvalue weighted by atomic mass is 10.1. The van der Waals surface area contributed by atoms with Crippen molar-refractivity contribution >= 4 is 11.6 Å². The van der Waals surface area contributed by atoms with Gasteiger partial charge in [-0.2, -0.15) is 0 Å². The summed E-state index contributed by atoms with van der Waals surface area (Å²) < 4.78 is 13.1. The van der Waals surface area contributed by atoms with Crippen molar-refractivity contribution in [3.8, 4) is 0 Å². The topological polar surface area (TPSA) is 55.1 Å². The minimum Gasteiger partial charge on any atom is -0.396 e. The van der Waals surface area contributed by atoms with Gasteiger partial charge in [0.1, 0.15) is 5.82 Å².